The zero-order valence-corrected chi connectivity index (χ0v) is 13.7. The summed E-state index contributed by atoms with van der Waals surface area (Å²) in [6, 6.07) is 3.60. The van der Waals surface area contributed by atoms with Crippen molar-refractivity contribution in [3.63, 3.8) is 0 Å². The number of thioether (sulfide) groups is 1. The first-order valence-corrected chi connectivity index (χ1v) is 8.29. The fraction of sp³-hybridized carbons (Fsp3) is 0.267. The van der Waals surface area contributed by atoms with Crippen LogP contribution in [0.4, 0.5) is 5.69 Å². The van der Waals surface area contributed by atoms with Gasteiger partial charge < -0.3 is 9.32 Å². The Bertz CT molecular complexity index is 862. The standard InChI is InChI=1S/C15H14N6O2S/c1-20-9-11(8-17-20)21-7-4-12(14(21)22)24-15-19-18-13(23-15)10-2-5-16-6-3-10/h2-3,5-6,8-9,12H,4,7H2,1H3/t12-/m1/s1. The molecule has 1 fully saturated rings. The third-order valence-electron chi connectivity index (χ3n) is 3.74. The number of carbonyl (C=O) groups excluding carboxylic acids is 1. The monoisotopic (exact) mass is 342 g/mol. The van der Waals surface area contributed by atoms with Crippen molar-refractivity contribution in [2.45, 2.75) is 16.9 Å². The van der Waals surface area contributed by atoms with Crippen molar-refractivity contribution < 1.29 is 9.21 Å². The van der Waals surface area contributed by atoms with Crippen molar-refractivity contribution in [2.24, 2.45) is 7.05 Å². The highest BCUT2D eigenvalue weighted by molar-refractivity contribution is 8.00. The van der Waals surface area contributed by atoms with Gasteiger partial charge in [0.2, 0.25) is 11.8 Å². The number of aromatic nitrogens is 5. The van der Waals surface area contributed by atoms with Gasteiger partial charge in [0.15, 0.2) is 0 Å². The average Bonchev–Trinajstić information content (AvgIpc) is 3.31. The van der Waals surface area contributed by atoms with Crippen LogP contribution in [0.2, 0.25) is 0 Å². The first-order chi connectivity index (χ1) is 11.7. The van der Waals surface area contributed by atoms with Gasteiger partial charge in [-0.25, -0.2) is 0 Å². The molecule has 0 bridgehead atoms. The van der Waals surface area contributed by atoms with Gasteiger partial charge in [-0.1, -0.05) is 11.8 Å². The zero-order chi connectivity index (χ0) is 16.5. The molecule has 3 aromatic heterocycles. The Hall–Kier alpha value is -2.68. The number of hydrogen-bond acceptors (Lipinski definition) is 7. The second kappa shape index (κ2) is 6.08. The summed E-state index contributed by atoms with van der Waals surface area (Å²) in [7, 11) is 1.83. The van der Waals surface area contributed by atoms with Crippen molar-refractivity contribution in [3.05, 3.63) is 36.9 Å². The Labute approximate surface area is 141 Å². The molecular weight excluding hydrogens is 328 g/mol. The van der Waals surface area contributed by atoms with Gasteiger partial charge in [0.1, 0.15) is 0 Å². The first kappa shape index (κ1) is 14.9. The predicted molar refractivity (Wildman–Crippen MR) is 87.4 cm³/mol. The Kier molecular flexibility index (Phi) is 3.77. The number of aryl methyl sites for hydroxylation is 1. The highest BCUT2D eigenvalue weighted by Crippen LogP contribution is 2.33. The molecule has 1 atom stereocenters. The number of hydrogen-bond donors (Lipinski definition) is 0. The van der Waals surface area contributed by atoms with E-state index in [0.29, 0.717) is 17.7 Å². The molecule has 1 saturated heterocycles. The normalized spacial score (nSPS) is 17.6. The van der Waals surface area contributed by atoms with E-state index in [9.17, 15) is 4.79 Å². The van der Waals surface area contributed by atoms with Gasteiger partial charge in [0.25, 0.3) is 5.22 Å². The summed E-state index contributed by atoms with van der Waals surface area (Å²) in [5, 5.41) is 12.3. The molecule has 4 rings (SSSR count). The van der Waals surface area contributed by atoms with E-state index >= 15 is 0 Å². The van der Waals surface area contributed by atoms with Crippen molar-refractivity contribution >= 4 is 23.4 Å². The summed E-state index contributed by atoms with van der Waals surface area (Å²) in [5.41, 5.74) is 1.62. The summed E-state index contributed by atoms with van der Waals surface area (Å²) in [4.78, 5) is 18.3. The first-order valence-electron chi connectivity index (χ1n) is 7.41. The third kappa shape index (κ3) is 2.78. The van der Waals surface area contributed by atoms with Crippen LogP contribution < -0.4 is 4.90 Å². The predicted octanol–water partition coefficient (Wildman–Crippen LogP) is 1.76. The molecule has 1 amide bonds. The van der Waals surface area contributed by atoms with Crippen LogP contribution in [0.25, 0.3) is 11.5 Å². The Balaban J connectivity index is 1.47. The highest BCUT2D eigenvalue weighted by atomic mass is 32.2. The van der Waals surface area contributed by atoms with Crippen LogP contribution in [-0.2, 0) is 11.8 Å². The van der Waals surface area contributed by atoms with Crippen LogP contribution in [0.1, 0.15) is 6.42 Å². The number of nitrogens with zero attached hydrogens (tertiary/aromatic N) is 6. The lowest BCUT2D eigenvalue weighted by atomic mass is 10.3. The molecule has 1 aliphatic rings. The molecule has 0 radical (unpaired) electrons. The van der Waals surface area contributed by atoms with Crippen LogP contribution >= 0.6 is 11.8 Å². The maximum atomic E-state index is 12.6. The van der Waals surface area contributed by atoms with E-state index in [1.54, 1.807) is 40.3 Å². The molecular formula is C15H14N6O2S. The molecule has 0 aliphatic carbocycles. The third-order valence-corrected chi connectivity index (χ3v) is 4.82. The van der Waals surface area contributed by atoms with E-state index in [1.807, 2.05) is 13.2 Å². The maximum Gasteiger partial charge on any atom is 0.277 e. The lowest BCUT2D eigenvalue weighted by Crippen LogP contribution is -2.27. The van der Waals surface area contributed by atoms with Crippen LogP contribution in [-0.4, -0.2) is 42.7 Å². The molecule has 0 aromatic carbocycles. The second-order valence-electron chi connectivity index (χ2n) is 5.37. The molecule has 0 unspecified atom stereocenters. The Morgan fingerprint density at radius 3 is 2.88 bits per heavy atom. The largest absolute Gasteiger partial charge is 0.411 e. The number of anilines is 1. The van der Waals surface area contributed by atoms with E-state index < -0.39 is 0 Å². The van der Waals surface area contributed by atoms with Gasteiger partial charge >= 0.3 is 0 Å². The van der Waals surface area contributed by atoms with E-state index in [2.05, 4.69) is 20.3 Å². The molecule has 3 aromatic rings. The number of rotatable bonds is 4. The Morgan fingerprint density at radius 2 is 2.12 bits per heavy atom. The van der Waals surface area contributed by atoms with Gasteiger partial charge in [-0.2, -0.15) is 5.10 Å². The van der Waals surface area contributed by atoms with Gasteiger partial charge in [-0.3, -0.25) is 14.5 Å². The van der Waals surface area contributed by atoms with E-state index in [-0.39, 0.29) is 11.2 Å². The molecule has 24 heavy (non-hydrogen) atoms. The number of carbonyl (C=O) groups is 1. The van der Waals surface area contributed by atoms with Crippen molar-refractivity contribution in [1.82, 2.24) is 25.0 Å². The molecule has 8 nitrogen and oxygen atoms in total. The van der Waals surface area contributed by atoms with Crippen molar-refractivity contribution in [3.8, 4) is 11.5 Å². The van der Waals surface area contributed by atoms with E-state index in [1.165, 1.54) is 11.8 Å². The quantitative estimate of drug-likeness (QED) is 0.713. The van der Waals surface area contributed by atoms with Crippen molar-refractivity contribution in [2.75, 3.05) is 11.4 Å². The topological polar surface area (TPSA) is 89.9 Å². The second-order valence-corrected chi connectivity index (χ2v) is 6.52. The molecule has 0 N–H and O–H groups in total. The van der Waals surface area contributed by atoms with E-state index in [4.69, 9.17) is 4.42 Å². The van der Waals surface area contributed by atoms with Crippen molar-refractivity contribution in [1.29, 1.82) is 0 Å². The molecule has 0 spiro atoms. The minimum Gasteiger partial charge on any atom is -0.411 e. The van der Waals surface area contributed by atoms with Crippen LogP contribution in [0.15, 0.2) is 46.6 Å². The maximum absolute atomic E-state index is 12.6. The lowest BCUT2D eigenvalue weighted by Gasteiger charge is -2.13. The van der Waals surface area contributed by atoms with Crippen LogP contribution in [0.3, 0.4) is 0 Å². The SMILES string of the molecule is Cn1cc(N2CC[C@@H](Sc3nnc(-c4ccncc4)o3)C2=O)cn1. The summed E-state index contributed by atoms with van der Waals surface area (Å²) in [5.74, 6) is 0.464. The van der Waals surface area contributed by atoms with E-state index in [0.717, 1.165) is 17.7 Å². The van der Waals surface area contributed by atoms with Gasteiger partial charge in [0.05, 0.1) is 17.1 Å². The molecule has 1 aliphatic heterocycles. The van der Waals surface area contributed by atoms with Gasteiger partial charge in [0, 0.05) is 37.7 Å². The zero-order valence-electron chi connectivity index (χ0n) is 12.9. The molecule has 122 valence electrons. The number of pyridine rings is 1. The Morgan fingerprint density at radius 1 is 1.29 bits per heavy atom. The summed E-state index contributed by atoms with van der Waals surface area (Å²) in [6.45, 7) is 0.660. The smallest absolute Gasteiger partial charge is 0.277 e. The van der Waals surface area contributed by atoms with Crippen LogP contribution in [0.5, 0.6) is 0 Å². The average molecular weight is 342 g/mol. The summed E-state index contributed by atoms with van der Waals surface area (Å²) < 4.78 is 7.33. The summed E-state index contributed by atoms with van der Waals surface area (Å²) >= 11 is 1.31. The lowest BCUT2D eigenvalue weighted by molar-refractivity contribution is -0.116. The van der Waals surface area contributed by atoms with Gasteiger partial charge in [-0.15, -0.1) is 10.2 Å². The minimum absolute atomic E-state index is 0.0386. The minimum atomic E-state index is -0.226. The van der Waals surface area contributed by atoms with Crippen LogP contribution in [0, 0.1) is 0 Å². The molecule has 4 heterocycles. The fourth-order valence-electron chi connectivity index (χ4n) is 2.56. The molecule has 9 heteroatoms. The summed E-state index contributed by atoms with van der Waals surface area (Å²) in [6.07, 6.45) is 7.58. The molecule has 0 saturated carbocycles. The van der Waals surface area contributed by atoms with Gasteiger partial charge in [-0.05, 0) is 18.6 Å². The number of amides is 1. The highest BCUT2D eigenvalue weighted by Gasteiger charge is 2.35. The fourth-order valence-corrected chi connectivity index (χ4v) is 3.47.